The van der Waals surface area contributed by atoms with Crippen LogP contribution in [0.3, 0.4) is 0 Å². The van der Waals surface area contributed by atoms with Crippen molar-refractivity contribution in [3.8, 4) is 11.5 Å². The fraction of sp³-hybridized carbons (Fsp3) is 0.286. The van der Waals surface area contributed by atoms with Gasteiger partial charge in [0.15, 0.2) is 0 Å². The maximum Gasteiger partial charge on any atom is 0.119 e. The number of aromatic hydroxyl groups is 1. The summed E-state index contributed by atoms with van der Waals surface area (Å²) in [5, 5.41) is 29.1. The van der Waals surface area contributed by atoms with Gasteiger partial charge in [-0.05, 0) is 42.8 Å². The lowest BCUT2D eigenvalue weighted by molar-refractivity contribution is 0.181. The van der Waals surface area contributed by atoms with Crippen LogP contribution in [-0.4, -0.2) is 28.0 Å². The standard InChI is InChI=1S/C21H24O4/c1-16(22)14-17(15-25-20-7-3-2-4-8-20)6-5-9-21(24)18-10-12-19(23)13-11-18/h2-5,7-8,10-13,16,21-24H,9,14-15H2,1H3/t6?,16-,21+/m0/s1. The maximum absolute atomic E-state index is 10.2. The Morgan fingerprint density at radius 3 is 2.40 bits per heavy atom. The minimum atomic E-state index is -0.670. The fourth-order valence-electron chi connectivity index (χ4n) is 2.35. The predicted molar refractivity (Wildman–Crippen MR) is 97.5 cm³/mol. The van der Waals surface area contributed by atoms with Crippen molar-refractivity contribution in [3.05, 3.63) is 77.5 Å². The first-order valence-electron chi connectivity index (χ1n) is 8.30. The lowest BCUT2D eigenvalue weighted by Gasteiger charge is -2.10. The van der Waals surface area contributed by atoms with E-state index in [9.17, 15) is 15.3 Å². The van der Waals surface area contributed by atoms with Crippen molar-refractivity contribution in [2.45, 2.75) is 32.0 Å². The minimum Gasteiger partial charge on any atom is -0.508 e. The summed E-state index contributed by atoms with van der Waals surface area (Å²) >= 11 is 0. The summed E-state index contributed by atoms with van der Waals surface area (Å²) in [4.78, 5) is 0. The molecule has 0 bridgehead atoms. The van der Waals surface area contributed by atoms with E-state index in [2.05, 4.69) is 5.73 Å². The predicted octanol–water partition coefficient (Wildman–Crippen LogP) is 3.75. The number of benzene rings is 2. The van der Waals surface area contributed by atoms with Crippen LogP contribution in [0.1, 0.15) is 31.4 Å². The number of phenols is 1. The summed E-state index contributed by atoms with van der Waals surface area (Å²) in [5.41, 5.74) is 4.69. The number of ether oxygens (including phenoxy) is 1. The normalized spacial score (nSPS) is 12.8. The van der Waals surface area contributed by atoms with Gasteiger partial charge in [0.1, 0.15) is 18.1 Å². The zero-order valence-electron chi connectivity index (χ0n) is 14.3. The molecule has 4 nitrogen and oxygen atoms in total. The molecule has 0 saturated heterocycles. The van der Waals surface area contributed by atoms with E-state index in [1.807, 2.05) is 30.3 Å². The van der Waals surface area contributed by atoms with Crippen LogP contribution in [0.4, 0.5) is 0 Å². The Balaban J connectivity index is 1.99. The first-order chi connectivity index (χ1) is 12.0. The van der Waals surface area contributed by atoms with Gasteiger partial charge in [0.05, 0.1) is 12.2 Å². The van der Waals surface area contributed by atoms with Gasteiger partial charge in [-0.3, -0.25) is 0 Å². The van der Waals surface area contributed by atoms with E-state index in [-0.39, 0.29) is 5.75 Å². The molecule has 0 spiro atoms. The second kappa shape index (κ2) is 9.70. The molecular formula is C21H24O4. The highest BCUT2D eigenvalue weighted by molar-refractivity contribution is 5.27. The molecule has 0 aliphatic heterocycles. The van der Waals surface area contributed by atoms with Crippen molar-refractivity contribution in [2.24, 2.45) is 0 Å². The number of hydrogen-bond acceptors (Lipinski definition) is 4. The number of aliphatic hydroxyl groups excluding tert-OH is 2. The SMILES string of the molecule is C[C@H](O)CC(=C=CC[C@@H](O)c1ccc(O)cc1)COc1ccccc1. The molecule has 3 N–H and O–H groups in total. The molecular weight excluding hydrogens is 316 g/mol. The van der Waals surface area contributed by atoms with Crippen LogP contribution < -0.4 is 4.74 Å². The molecule has 0 unspecified atom stereocenters. The molecule has 2 atom stereocenters. The molecule has 0 aliphatic carbocycles. The summed E-state index contributed by atoms with van der Waals surface area (Å²) in [6.07, 6.45) is 1.44. The molecule has 0 heterocycles. The van der Waals surface area contributed by atoms with Crippen LogP contribution in [0.2, 0.25) is 0 Å². The molecule has 0 amide bonds. The molecule has 2 rings (SSSR count). The summed E-state index contributed by atoms with van der Waals surface area (Å²) in [6, 6.07) is 15.9. The molecule has 0 radical (unpaired) electrons. The Kier molecular flexibility index (Phi) is 7.30. The Labute approximate surface area is 148 Å². The van der Waals surface area contributed by atoms with Gasteiger partial charge in [-0.1, -0.05) is 30.3 Å². The molecule has 0 aliphatic rings. The van der Waals surface area contributed by atoms with Crippen LogP contribution in [0.25, 0.3) is 0 Å². The molecule has 0 fully saturated rings. The number of rotatable bonds is 8. The van der Waals surface area contributed by atoms with Crippen LogP contribution in [0, 0.1) is 0 Å². The zero-order valence-corrected chi connectivity index (χ0v) is 14.3. The van der Waals surface area contributed by atoms with E-state index in [4.69, 9.17) is 4.74 Å². The highest BCUT2D eigenvalue weighted by atomic mass is 16.5. The summed E-state index contributed by atoms with van der Waals surface area (Å²) in [7, 11) is 0. The van der Waals surface area contributed by atoms with Gasteiger partial charge in [-0.25, -0.2) is 0 Å². The molecule has 0 saturated carbocycles. The highest BCUT2D eigenvalue weighted by Gasteiger charge is 2.06. The van der Waals surface area contributed by atoms with Crippen LogP contribution in [-0.2, 0) is 0 Å². The molecule has 132 valence electrons. The van der Waals surface area contributed by atoms with Crippen molar-refractivity contribution >= 4 is 0 Å². The van der Waals surface area contributed by atoms with Crippen molar-refractivity contribution in [3.63, 3.8) is 0 Å². The molecule has 2 aromatic carbocycles. The highest BCUT2D eigenvalue weighted by Crippen LogP contribution is 2.20. The van der Waals surface area contributed by atoms with E-state index in [1.165, 1.54) is 0 Å². The van der Waals surface area contributed by atoms with Gasteiger partial charge >= 0.3 is 0 Å². The van der Waals surface area contributed by atoms with Gasteiger partial charge in [0.25, 0.3) is 0 Å². The van der Waals surface area contributed by atoms with Crippen LogP contribution >= 0.6 is 0 Å². The maximum atomic E-state index is 10.2. The first-order valence-corrected chi connectivity index (χ1v) is 8.30. The summed E-state index contributed by atoms with van der Waals surface area (Å²) in [5.74, 6) is 0.931. The Bertz CT molecular complexity index is 698. The van der Waals surface area contributed by atoms with Crippen molar-refractivity contribution in [2.75, 3.05) is 6.61 Å². The third-order valence-corrected chi connectivity index (χ3v) is 3.62. The second-order valence-corrected chi connectivity index (χ2v) is 5.95. The third-order valence-electron chi connectivity index (χ3n) is 3.62. The number of para-hydroxylation sites is 1. The van der Waals surface area contributed by atoms with Gasteiger partial charge in [0.2, 0.25) is 0 Å². The number of phenolic OH excluding ortho intramolecular Hbond substituents is 1. The second-order valence-electron chi connectivity index (χ2n) is 5.95. The van der Waals surface area contributed by atoms with Crippen LogP contribution in [0.5, 0.6) is 11.5 Å². The Morgan fingerprint density at radius 2 is 1.76 bits per heavy atom. The molecule has 2 aromatic rings. The topological polar surface area (TPSA) is 69.9 Å². The van der Waals surface area contributed by atoms with Gasteiger partial charge < -0.3 is 20.1 Å². The third kappa shape index (κ3) is 6.86. The molecule has 0 aromatic heterocycles. The fourth-order valence-corrected chi connectivity index (χ4v) is 2.35. The Hall–Kier alpha value is -2.52. The average Bonchev–Trinajstić information content (AvgIpc) is 2.60. The van der Waals surface area contributed by atoms with E-state index in [0.717, 1.165) is 16.9 Å². The van der Waals surface area contributed by atoms with Crippen LogP contribution in [0.15, 0.2) is 72.0 Å². The van der Waals surface area contributed by atoms with E-state index in [0.29, 0.717) is 19.4 Å². The lowest BCUT2D eigenvalue weighted by atomic mass is 10.1. The van der Waals surface area contributed by atoms with Crippen molar-refractivity contribution < 1.29 is 20.1 Å². The molecule has 25 heavy (non-hydrogen) atoms. The van der Waals surface area contributed by atoms with E-state index in [1.54, 1.807) is 37.3 Å². The van der Waals surface area contributed by atoms with E-state index < -0.39 is 12.2 Å². The summed E-state index contributed by atoms with van der Waals surface area (Å²) in [6.45, 7) is 2.05. The first kappa shape index (κ1) is 18.8. The lowest BCUT2D eigenvalue weighted by Crippen LogP contribution is -2.07. The average molecular weight is 340 g/mol. The smallest absolute Gasteiger partial charge is 0.119 e. The van der Waals surface area contributed by atoms with Gasteiger partial charge in [0, 0.05) is 18.4 Å². The van der Waals surface area contributed by atoms with E-state index >= 15 is 0 Å². The van der Waals surface area contributed by atoms with Crippen molar-refractivity contribution in [1.29, 1.82) is 0 Å². The monoisotopic (exact) mass is 340 g/mol. The van der Waals surface area contributed by atoms with Crippen molar-refractivity contribution in [1.82, 2.24) is 0 Å². The number of hydrogen-bond donors (Lipinski definition) is 3. The zero-order chi connectivity index (χ0) is 18.1. The quantitative estimate of drug-likeness (QED) is 0.640. The van der Waals surface area contributed by atoms with Gasteiger partial charge in [-0.15, -0.1) is 5.73 Å². The summed E-state index contributed by atoms with van der Waals surface area (Å²) < 4.78 is 5.70. The minimum absolute atomic E-state index is 0.170. The largest absolute Gasteiger partial charge is 0.508 e. The molecule has 4 heteroatoms. The Morgan fingerprint density at radius 1 is 1.08 bits per heavy atom. The number of aliphatic hydroxyl groups is 2. The van der Waals surface area contributed by atoms with Gasteiger partial charge in [-0.2, -0.15) is 0 Å².